The maximum absolute atomic E-state index is 13.0. The van der Waals surface area contributed by atoms with Gasteiger partial charge in [0.2, 0.25) is 0 Å². The van der Waals surface area contributed by atoms with Gasteiger partial charge in [0.15, 0.2) is 0 Å². The van der Waals surface area contributed by atoms with Crippen LogP contribution in [-0.4, -0.2) is 0 Å². The molecule has 0 bridgehead atoms. The molecule has 0 aliphatic carbocycles. The van der Waals surface area contributed by atoms with E-state index in [2.05, 4.69) is 0 Å². The Bertz CT molecular complexity index is 704. The lowest BCUT2D eigenvalue weighted by Gasteiger charge is -2.17. The van der Waals surface area contributed by atoms with Gasteiger partial charge in [-0.3, -0.25) is 0 Å². The standard InChI is InChI=1S/C15H7F9/c16-13(17,18)9-5-8(6-10(7-9)14(19,20)21)11-3-1-2-4-12(11)15(22,23)24/h1-7H. The van der Waals surface area contributed by atoms with Gasteiger partial charge < -0.3 is 0 Å². The van der Waals surface area contributed by atoms with Gasteiger partial charge >= 0.3 is 18.5 Å². The molecular formula is C15H7F9. The van der Waals surface area contributed by atoms with Crippen molar-refractivity contribution in [2.24, 2.45) is 0 Å². The van der Waals surface area contributed by atoms with Gasteiger partial charge in [-0.15, -0.1) is 0 Å². The Labute approximate surface area is 129 Å². The van der Waals surface area contributed by atoms with Crippen molar-refractivity contribution in [1.82, 2.24) is 0 Å². The summed E-state index contributed by atoms with van der Waals surface area (Å²) in [5.41, 5.74) is -6.25. The van der Waals surface area contributed by atoms with E-state index in [0.29, 0.717) is 6.07 Å². The first-order valence-electron chi connectivity index (χ1n) is 6.26. The van der Waals surface area contributed by atoms with Gasteiger partial charge in [-0.25, -0.2) is 0 Å². The van der Waals surface area contributed by atoms with Crippen LogP contribution in [0.3, 0.4) is 0 Å². The molecule has 0 unspecified atom stereocenters. The van der Waals surface area contributed by atoms with Gasteiger partial charge in [0.1, 0.15) is 0 Å². The SMILES string of the molecule is FC(F)(F)c1cc(-c2ccccc2C(F)(F)F)cc(C(F)(F)F)c1. The number of hydrogen-bond acceptors (Lipinski definition) is 0. The van der Waals surface area contributed by atoms with E-state index in [1.165, 1.54) is 0 Å². The predicted molar refractivity (Wildman–Crippen MR) is 66.9 cm³/mol. The van der Waals surface area contributed by atoms with Gasteiger partial charge in [0.25, 0.3) is 0 Å². The highest BCUT2D eigenvalue weighted by Gasteiger charge is 2.38. The first-order valence-corrected chi connectivity index (χ1v) is 6.26. The lowest BCUT2D eigenvalue weighted by molar-refractivity contribution is -0.143. The number of rotatable bonds is 1. The Hall–Kier alpha value is -2.19. The van der Waals surface area contributed by atoms with E-state index in [0.717, 1.165) is 18.2 Å². The highest BCUT2D eigenvalue weighted by Crippen LogP contribution is 2.42. The minimum atomic E-state index is -5.14. The van der Waals surface area contributed by atoms with E-state index in [4.69, 9.17) is 0 Å². The molecule has 0 aliphatic heterocycles. The van der Waals surface area contributed by atoms with E-state index in [1.807, 2.05) is 0 Å². The molecule has 0 atom stereocenters. The first-order chi connectivity index (χ1) is 10.8. The number of alkyl halides is 9. The summed E-state index contributed by atoms with van der Waals surface area (Å²) in [5.74, 6) is 0. The summed E-state index contributed by atoms with van der Waals surface area (Å²) in [6, 6.07) is 3.88. The third-order valence-electron chi connectivity index (χ3n) is 3.13. The van der Waals surface area contributed by atoms with Crippen molar-refractivity contribution in [3.05, 3.63) is 59.2 Å². The maximum atomic E-state index is 13.0. The second-order valence-corrected chi connectivity index (χ2v) is 4.84. The van der Waals surface area contributed by atoms with Crippen molar-refractivity contribution in [2.45, 2.75) is 18.5 Å². The summed E-state index contributed by atoms with van der Waals surface area (Å²) < 4.78 is 116. The molecule has 0 saturated heterocycles. The van der Waals surface area contributed by atoms with E-state index >= 15 is 0 Å². The van der Waals surface area contributed by atoms with Crippen LogP contribution in [0.4, 0.5) is 39.5 Å². The van der Waals surface area contributed by atoms with Crippen molar-refractivity contribution >= 4 is 0 Å². The second kappa shape index (κ2) is 5.71. The number of benzene rings is 2. The average Bonchev–Trinajstić information content (AvgIpc) is 2.44. The first kappa shape index (κ1) is 18.2. The van der Waals surface area contributed by atoms with Crippen LogP contribution in [0.1, 0.15) is 16.7 Å². The summed E-state index contributed by atoms with van der Waals surface area (Å²) in [4.78, 5) is 0. The molecule has 24 heavy (non-hydrogen) atoms. The number of halogens is 9. The van der Waals surface area contributed by atoms with Crippen LogP contribution >= 0.6 is 0 Å². The molecule has 0 amide bonds. The molecule has 130 valence electrons. The zero-order valence-corrected chi connectivity index (χ0v) is 11.4. The lowest BCUT2D eigenvalue weighted by atomic mass is 9.95. The molecule has 0 fully saturated rings. The fourth-order valence-corrected chi connectivity index (χ4v) is 2.09. The second-order valence-electron chi connectivity index (χ2n) is 4.84. The highest BCUT2D eigenvalue weighted by molar-refractivity contribution is 5.70. The van der Waals surface area contributed by atoms with E-state index in [1.54, 1.807) is 0 Å². The molecule has 0 heterocycles. The topological polar surface area (TPSA) is 0 Å². The molecule has 0 N–H and O–H groups in total. The van der Waals surface area contributed by atoms with Crippen LogP contribution in [0.2, 0.25) is 0 Å². The Morgan fingerprint density at radius 3 is 1.42 bits per heavy atom. The molecule has 2 aromatic carbocycles. The quantitative estimate of drug-likeness (QED) is 0.517. The molecule has 0 saturated carbocycles. The molecule has 0 radical (unpaired) electrons. The fraction of sp³-hybridized carbons (Fsp3) is 0.200. The van der Waals surface area contributed by atoms with Crippen LogP contribution < -0.4 is 0 Å². The lowest BCUT2D eigenvalue weighted by Crippen LogP contribution is -2.12. The van der Waals surface area contributed by atoms with Gasteiger partial charge in [0.05, 0.1) is 16.7 Å². The van der Waals surface area contributed by atoms with Gasteiger partial charge in [0, 0.05) is 0 Å². The Balaban J connectivity index is 2.77. The normalized spacial score (nSPS) is 13.2. The Morgan fingerprint density at radius 1 is 0.542 bits per heavy atom. The van der Waals surface area contributed by atoms with Crippen LogP contribution in [0, 0.1) is 0 Å². The maximum Gasteiger partial charge on any atom is 0.417 e. The summed E-state index contributed by atoms with van der Waals surface area (Å²) in [7, 11) is 0. The van der Waals surface area contributed by atoms with Crippen LogP contribution in [0.5, 0.6) is 0 Å². The monoisotopic (exact) mass is 358 g/mol. The molecular weight excluding hydrogens is 351 g/mol. The fourth-order valence-electron chi connectivity index (χ4n) is 2.09. The zero-order chi connectivity index (χ0) is 18.3. The van der Waals surface area contributed by atoms with Crippen molar-refractivity contribution in [3.63, 3.8) is 0 Å². The minimum Gasteiger partial charge on any atom is -0.166 e. The van der Waals surface area contributed by atoms with E-state index in [9.17, 15) is 39.5 Å². The smallest absolute Gasteiger partial charge is 0.166 e. The third kappa shape index (κ3) is 3.82. The Morgan fingerprint density at radius 2 is 1.00 bits per heavy atom. The third-order valence-corrected chi connectivity index (χ3v) is 3.13. The van der Waals surface area contributed by atoms with Crippen LogP contribution in [0.15, 0.2) is 42.5 Å². The predicted octanol–water partition coefficient (Wildman–Crippen LogP) is 6.41. The molecule has 0 aliphatic rings. The highest BCUT2D eigenvalue weighted by atomic mass is 19.4. The van der Waals surface area contributed by atoms with Crippen molar-refractivity contribution < 1.29 is 39.5 Å². The largest absolute Gasteiger partial charge is 0.417 e. The molecule has 0 spiro atoms. The van der Waals surface area contributed by atoms with Gasteiger partial charge in [-0.2, -0.15) is 39.5 Å². The summed E-state index contributed by atoms with van der Waals surface area (Å²) in [6.45, 7) is 0. The number of hydrogen-bond donors (Lipinski definition) is 0. The summed E-state index contributed by atoms with van der Waals surface area (Å²) in [5, 5.41) is 0. The van der Waals surface area contributed by atoms with E-state index in [-0.39, 0.29) is 18.2 Å². The average molecular weight is 358 g/mol. The molecule has 2 aromatic rings. The molecule has 2 rings (SSSR count). The summed E-state index contributed by atoms with van der Waals surface area (Å²) in [6.07, 6.45) is -15.2. The molecule has 0 aromatic heterocycles. The minimum absolute atomic E-state index is 0.139. The molecule has 9 heteroatoms. The van der Waals surface area contributed by atoms with Gasteiger partial charge in [-0.1, -0.05) is 18.2 Å². The van der Waals surface area contributed by atoms with Crippen molar-refractivity contribution in [3.8, 4) is 11.1 Å². The summed E-state index contributed by atoms with van der Waals surface area (Å²) >= 11 is 0. The van der Waals surface area contributed by atoms with Crippen LogP contribution in [-0.2, 0) is 18.5 Å². The molecule has 0 nitrogen and oxygen atoms in total. The van der Waals surface area contributed by atoms with Gasteiger partial charge in [-0.05, 0) is 35.4 Å². The van der Waals surface area contributed by atoms with Crippen LogP contribution in [0.25, 0.3) is 11.1 Å². The van der Waals surface area contributed by atoms with E-state index < -0.39 is 46.3 Å². The van der Waals surface area contributed by atoms with Crippen molar-refractivity contribution in [1.29, 1.82) is 0 Å². The Kier molecular flexibility index (Phi) is 4.32. The zero-order valence-electron chi connectivity index (χ0n) is 11.4. The van der Waals surface area contributed by atoms with Crippen molar-refractivity contribution in [2.75, 3.05) is 0 Å².